The highest BCUT2D eigenvalue weighted by Crippen LogP contribution is 2.33. The van der Waals surface area contributed by atoms with Crippen LogP contribution < -0.4 is 4.90 Å². The Morgan fingerprint density at radius 2 is 1.84 bits per heavy atom. The fourth-order valence-corrected chi connectivity index (χ4v) is 3.39. The molecule has 0 atom stereocenters. The minimum Gasteiger partial charge on any atom is -0.506 e. The Balaban J connectivity index is 2.10. The van der Waals surface area contributed by atoms with Gasteiger partial charge in [0.15, 0.2) is 0 Å². The molecule has 0 amide bonds. The van der Waals surface area contributed by atoms with E-state index in [2.05, 4.69) is 53.0 Å². The second kappa shape index (κ2) is 9.46. The normalized spacial score (nSPS) is 11.6. The van der Waals surface area contributed by atoms with Crippen molar-refractivity contribution in [2.24, 2.45) is 16.1 Å². The maximum Gasteiger partial charge on any atom is 0.251 e. The van der Waals surface area contributed by atoms with Crippen molar-refractivity contribution >= 4 is 27.8 Å². The van der Waals surface area contributed by atoms with Crippen LogP contribution in [0, 0.1) is 5.92 Å². The summed E-state index contributed by atoms with van der Waals surface area (Å²) in [5.41, 5.74) is 1.45. The molecule has 0 aliphatic heterocycles. The number of anilines is 1. The second-order valence-electron chi connectivity index (χ2n) is 6.44. The second-order valence-corrected chi connectivity index (χ2v) is 7.48. The fourth-order valence-electron chi connectivity index (χ4n) is 2.52. The van der Waals surface area contributed by atoms with Gasteiger partial charge in [0.25, 0.3) is 5.13 Å². The van der Waals surface area contributed by atoms with Gasteiger partial charge in [-0.2, -0.15) is 0 Å². The lowest BCUT2D eigenvalue weighted by molar-refractivity contribution is 0.476. The van der Waals surface area contributed by atoms with Gasteiger partial charge < -0.3 is 10.0 Å². The summed E-state index contributed by atoms with van der Waals surface area (Å²) in [5, 5.41) is 28.1. The number of rotatable bonds is 9. The van der Waals surface area contributed by atoms with Crippen molar-refractivity contribution in [3.8, 4) is 5.75 Å². The smallest absolute Gasteiger partial charge is 0.251 e. The zero-order valence-corrected chi connectivity index (χ0v) is 16.3. The summed E-state index contributed by atoms with van der Waals surface area (Å²) in [6.45, 7) is 10.5. The van der Waals surface area contributed by atoms with Gasteiger partial charge in [0, 0.05) is 31.3 Å². The largest absolute Gasteiger partial charge is 0.506 e. The number of hydrogen-bond donors (Lipinski definition) is 1. The Bertz CT molecular complexity index is 693. The highest BCUT2D eigenvalue weighted by molar-refractivity contribution is 7.14. The van der Waals surface area contributed by atoms with E-state index in [1.165, 1.54) is 11.3 Å². The van der Waals surface area contributed by atoms with E-state index in [0.717, 1.165) is 43.0 Å². The summed E-state index contributed by atoms with van der Waals surface area (Å²) in [4.78, 5) is 2.27. The van der Waals surface area contributed by atoms with Crippen LogP contribution >= 0.6 is 11.3 Å². The molecule has 7 heteroatoms. The number of phenolic OH excluding ortho intramolecular Hbond substituents is 1. The van der Waals surface area contributed by atoms with Crippen LogP contribution in [0.3, 0.4) is 0 Å². The molecule has 1 aromatic heterocycles. The van der Waals surface area contributed by atoms with Crippen molar-refractivity contribution in [3.63, 3.8) is 0 Å². The molecule has 0 spiro atoms. The predicted octanol–water partition coefficient (Wildman–Crippen LogP) is 5.48. The molecule has 1 heterocycles. The van der Waals surface area contributed by atoms with Gasteiger partial charge in [0.2, 0.25) is 0 Å². The molecule has 0 aliphatic carbocycles. The molecule has 0 bridgehead atoms. The number of azo groups is 1. The van der Waals surface area contributed by atoms with Gasteiger partial charge in [-0.05, 0) is 30.9 Å². The number of hydrogen-bond acceptors (Lipinski definition) is 7. The Kier molecular flexibility index (Phi) is 7.31. The summed E-state index contributed by atoms with van der Waals surface area (Å²) >= 11 is 1.44. The molecule has 2 rings (SSSR count). The molecule has 2 aromatic rings. The van der Waals surface area contributed by atoms with Crippen LogP contribution in [0.15, 0.2) is 28.4 Å². The van der Waals surface area contributed by atoms with Crippen molar-refractivity contribution in [2.75, 3.05) is 18.0 Å². The third-order valence-electron chi connectivity index (χ3n) is 3.59. The number of benzene rings is 1. The topological polar surface area (TPSA) is 74.0 Å². The number of aromatic hydroxyl groups is 1. The van der Waals surface area contributed by atoms with Crippen LogP contribution in [0.4, 0.5) is 16.5 Å². The number of nitrogens with zero attached hydrogens (tertiary/aromatic N) is 5. The summed E-state index contributed by atoms with van der Waals surface area (Å²) in [6.07, 6.45) is 3.02. The molecule has 0 radical (unpaired) electrons. The van der Waals surface area contributed by atoms with E-state index >= 15 is 0 Å². The zero-order valence-electron chi connectivity index (χ0n) is 15.4. The van der Waals surface area contributed by atoms with Gasteiger partial charge in [0.05, 0.1) is 0 Å². The quantitative estimate of drug-likeness (QED) is 0.600. The van der Waals surface area contributed by atoms with Gasteiger partial charge in [-0.3, -0.25) is 0 Å². The van der Waals surface area contributed by atoms with Crippen molar-refractivity contribution in [2.45, 2.75) is 47.0 Å². The summed E-state index contributed by atoms with van der Waals surface area (Å²) in [5.74, 6) is 0.661. The highest BCUT2D eigenvalue weighted by Gasteiger charge is 2.09. The summed E-state index contributed by atoms with van der Waals surface area (Å²) in [7, 11) is 0. The fraction of sp³-hybridized carbons (Fsp3) is 0.556. The summed E-state index contributed by atoms with van der Waals surface area (Å²) < 4.78 is 0. The van der Waals surface area contributed by atoms with Gasteiger partial charge >= 0.3 is 0 Å². The van der Waals surface area contributed by atoms with Crippen LogP contribution in [0.5, 0.6) is 5.75 Å². The average Bonchev–Trinajstić information content (AvgIpc) is 3.00. The minimum absolute atomic E-state index is 0.130. The average molecular weight is 362 g/mol. The first-order valence-electron chi connectivity index (χ1n) is 8.85. The molecule has 0 unspecified atom stereocenters. The lowest BCUT2D eigenvalue weighted by Crippen LogP contribution is -2.24. The monoisotopic (exact) mass is 361 g/mol. The third-order valence-corrected chi connectivity index (χ3v) is 4.42. The van der Waals surface area contributed by atoms with E-state index in [1.807, 2.05) is 6.07 Å². The first-order valence-corrected chi connectivity index (χ1v) is 9.67. The Labute approximate surface area is 153 Å². The number of aromatic nitrogens is 2. The Morgan fingerprint density at radius 3 is 2.44 bits per heavy atom. The Hall–Kier alpha value is -2.02. The van der Waals surface area contributed by atoms with Crippen LogP contribution in [0.1, 0.15) is 45.5 Å². The lowest BCUT2D eigenvalue weighted by Gasteiger charge is -2.24. The van der Waals surface area contributed by atoms with E-state index in [1.54, 1.807) is 12.1 Å². The van der Waals surface area contributed by atoms with E-state index in [4.69, 9.17) is 0 Å². The maximum atomic E-state index is 10.3. The molecular weight excluding hydrogens is 334 g/mol. The molecule has 1 N–H and O–H groups in total. The molecular formula is C18H27N5OS. The highest BCUT2D eigenvalue weighted by atomic mass is 32.1. The lowest BCUT2D eigenvalue weighted by atomic mass is 10.1. The molecule has 1 aromatic carbocycles. The van der Waals surface area contributed by atoms with Gasteiger partial charge in [0.1, 0.15) is 16.4 Å². The van der Waals surface area contributed by atoms with Crippen LogP contribution in [0.25, 0.3) is 0 Å². The van der Waals surface area contributed by atoms with E-state index in [-0.39, 0.29) is 5.75 Å². The number of phenols is 1. The van der Waals surface area contributed by atoms with Crippen molar-refractivity contribution in [1.82, 2.24) is 10.2 Å². The maximum absolute atomic E-state index is 10.3. The van der Waals surface area contributed by atoms with Gasteiger partial charge in [-0.15, -0.1) is 20.4 Å². The first-order chi connectivity index (χ1) is 12.0. The zero-order chi connectivity index (χ0) is 18.2. The molecule has 0 saturated carbocycles. The standard InChI is InChI=1S/C18H27N5OS/c1-5-9-23(10-6-2)14-7-8-15(16(24)12-14)19-21-18-22-20-17(25-18)11-13(3)4/h7-8,12-13,24H,5-6,9-11H2,1-4H3. The van der Waals surface area contributed by atoms with Crippen molar-refractivity contribution < 1.29 is 5.11 Å². The molecule has 136 valence electrons. The molecule has 25 heavy (non-hydrogen) atoms. The van der Waals surface area contributed by atoms with Crippen molar-refractivity contribution in [1.29, 1.82) is 0 Å². The SMILES string of the molecule is CCCN(CCC)c1ccc(N=Nc2nnc(CC(C)C)s2)c(O)c1. The van der Waals surface area contributed by atoms with Crippen LogP contribution in [-0.2, 0) is 6.42 Å². The summed E-state index contributed by atoms with van der Waals surface area (Å²) in [6, 6.07) is 5.52. The molecule has 0 saturated heterocycles. The third kappa shape index (κ3) is 5.77. The van der Waals surface area contributed by atoms with Crippen LogP contribution in [-0.4, -0.2) is 28.4 Å². The molecule has 0 fully saturated rings. The van der Waals surface area contributed by atoms with E-state index in [9.17, 15) is 5.11 Å². The van der Waals surface area contributed by atoms with Crippen molar-refractivity contribution in [3.05, 3.63) is 23.2 Å². The van der Waals surface area contributed by atoms with Gasteiger partial charge in [-0.25, -0.2) is 0 Å². The molecule has 0 aliphatic rings. The minimum atomic E-state index is 0.130. The van der Waals surface area contributed by atoms with Crippen LogP contribution in [0.2, 0.25) is 0 Å². The Morgan fingerprint density at radius 1 is 1.12 bits per heavy atom. The van der Waals surface area contributed by atoms with Gasteiger partial charge in [-0.1, -0.05) is 39.0 Å². The molecule has 6 nitrogen and oxygen atoms in total. The van der Waals surface area contributed by atoms with E-state index < -0.39 is 0 Å². The first kappa shape index (κ1) is 19.3. The predicted molar refractivity (Wildman–Crippen MR) is 104 cm³/mol. The van der Waals surface area contributed by atoms with E-state index in [0.29, 0.717) is 16.7 Å².